The van der Waals surface area contributed by atoms with Crippen LogP contribution in [0.25, 0.3) is 10.9 Å². The van der Waals surface area contributed by atoms with Gasteiger partial charge in [-0.25, -0.2) is 25.2 Å². The number of carbonyl (C=O) groups is 1. The van der Waals surface area contributed by atoms with E-state index in [9.17, 15) is 35.7 Å². The van der Waals surface area contributed by atoms with Crippen molar-refractivity contribution in [2.45, 2.75) is 24.0 Å². The monoisotopic (exact) mass is 549 g/mol. The van der Waals surface area contributed by atoms with Crippen LogP contribution in [-0.4, -0.2) is 58.0 Å². The molecule has 0 spiro atoms. The van der Waals surface area contributed by atoms with Gasteiger partial charge in [0.1, 0.15) is 23.2 Å². The number of benzene rings is 2. The lowest BCUT2D eigenvalue weighted by Gasteiger charge is -2.13. The Morgan fingerprint density at radius 2 is 1.76 bits per heavy atom. The Bertz CT molecular complexity index is 1630. The number of rotatable bonds is 10. The summed E-state index contributed by atoms with van der Waals surface area (Å²) in [6.45, 7) is 0.908. The third kappa shape index (κ3) is 6.06. The maximum Gasteiger partial charge on any atom is 0.268 e. The van der Waals surface area contributed by atoms with Gasteiger partial charge in [-0.2, -0.15) is 5.26 Å². The zero-order valence-corrected chi connectivity index (χ0v) is 22.0. The Morgan fingerprint density at radius 1 is 1.11 bits per heavy atom. The number of ketones is 1. The maximum absolute atomic E-state index is 14.9. The number of halogens is 2. The number of nitriles is 1. The summed E-state index contributed by atoms with van der Waals surface area (Å²) in [7, 11) is -5.19. The summed E-state index contributed by atoms with van der Waals surface area (Å²) in [5.41, 5.74) is -0.447. The van der Waals surface area contributed by atoms with Crippen LogP contribution in [0, 0.1) is 24.1 Å². The number of sulfone groups is 1. The van der Waals surface area contributed by atoms with Crippen LogP contribution in [0.2, 0.25) is 0 Å². The molecule has 0 atom stereocenters. The third-order valence-corrected chi connectivity index (χ3v) is 8.84. The molecule has 0 saturated heterocycles. The molecule has 2 aromatic carbocycles. The Kier molecular flexibility index (Phi) is 8.19. The van der Waals surface area contributed by atoms with Crippen molar-refractivity contribution in [2.24, 2.45) is 0 Å². The summed E-state index contributed by atoms with van der Waals surface area (Å²) >= 11 is 0. The molecule has 8 nitrogen and oxygen atoms in total. The first-order valence-electron chi connectivity index (χ1n) is 11.1. The van der Waals surface area contributed by atoms with Crippen LogP contribution in [0.1, 0.15) is 28.0 Å². The van der Waals surface area contributed by atoms with Gasteiger partial charge < -0.3 is 4.90 Å². The minimum atomic E-state index is -4.45. The number of nitrogens with zero attached hydrogens (tertiary/aromatic N) is 3. The SMILES string of the molecule is Cc1ccc(S(=O)(=O)n2c(C(=O)/C(C#N)=C/N(C)C)cc3cc(F)c(CS(=O)(=O)CCCF)cc32)cc1. The molecule has 0 radical (unpaired) electrons. The van der Waals surface area contributed by atoms with E-state index in [2.05, 4.69) is 0 Å². The van der Waals surface area contributed by atoms with Gasteiger partial charge in [0.25, 0.3) is 10.0 Å². The van der Waals surface area contributed by atoms with Crippen LogP contribution < -0.4 is 0 Å². The molecule has 0 aliphatic rings. The Balaban J connectivity index is 2.33. The second-order valence-corrected chi connectivity index (χ2v) is 12.7. The number of fused-ring (bicyclic) bond motifs is 1. The standard InChI is InChI=1S/C25H25F2N3O5S2/c1-17-5-7-21(8-6-17)37(34,35)30-23-13-19(16-36(32,33)10-4-9-26)22(27)11-18(23)12-24(30)25(31)20(14-28)15-29(2)3/h5-8,11-13,15H,4,9-10,16H2,1-3H3/b20-15+. The van der Waals surface area contributed by atoms with E-state index in [0.29, 0.717) is 3.97 Å². The molecule has 0 aliphatic heterocycles. The van der Waals surface area contributed by atoms with Crippen molar-refractivity contribution in [1.29, 1.82) is 5.26 Å². The molecule has 3 rings (SSSR count). The zero-order valence-electron chi connectivity index (χ0n) is 20.4. The minimum Gasteiger partial charge on any atom is -0.382 e. The molecule has 12 heteroatoms. The van der Waals surface area contributed by atoms with Crippen LogP contribution in [0.15, 0.2) is 59.1 Å². The summed E-state index contributed by atoms with van der Waals surface area (Å²) in [6, 6.07) is 10.7. The van der Waals surface area contributed by atoms with Crippen molar-refractivity contribution >= 4 is 36.5 Å². The van der Waals surface area contributed by atoms with Gasteiger partial charge >= 0.3 is 0 Å². The number of hydrogen-bond acceptors (Lipinski definition) is 7. The Morgan fingerprint density at radius 3 is 2.32 bits per heavy atom. The smallest absolute Gasteiger partial charge is 0.268 e. The number of carbonyl (C=O) groups excluding carboxylic acids is 1. The average molecular weight is 550 g/mol. The first-order chi connectivity index (χ1) is 17.3. The molecule has 37 heavy (non-hydrogen) atoms. The normalized spacial score (nSPS) is 12.5. The summed E-state index contributed by atoms with van der Waals surface area (Å²) < 4.78 is 80.3. The zero-order chi connectivity index (χ0) is 27.5. The highest BCUT2D eigenvalue weighted by molar-refractivity contribution is 7.90. The third-order valence-electron chi connectivity index (χ3n) is 5.43. The lowest BCUT2D eigenvalue weighted by Crippen LogP contribution is -2.20. The number of aromatic nitrogens is 1. The Hall–Kier alpha value is -3.56. The predicted molar refractivity (Wildman–Crippen MR) is 135 cm³/mol. The molecule has 1 heterocycles. The molecule has 1 aromatic heterocycles. The first kappa shape index (κ1) is 28.0. The molecule has 0 saturated carbocycles. The fourth-order valence-corrected chi connectivity index (χ4v) is 6.60. The molecule has 0 aliphatic carbocycles. The number of hydrogen-bond donors (Lipinski definition) is 0. The summed E-state index contributed by atoms with van der Waals surface area (Å²) in [4.78, 5) is 14.6. The van der Waals surface area contributed by atoms with Crippen molar-refractivity contribution in [3.63, 3.8) is 0 Å². The highest BCUT2D eigenvalue weighted by Gasteiger charge is 2.29. The fourth-order valence-electron chi connectivity index (χ4n) is 3.71. The van der Waals surface area contributed by atoms with E-state index >= 15 is 0 Å². The first-order valence-corrected chi connectivity index (χ1v) is 14.3. The highest BCUT2D eigenvalue weighted by atomic mass is 32.2. The second-order valence-electron chi connectivity index (χ2n) is 8.70. The van der Waals surface area contributed by atoms with Crippen molar-refractivity contribution in [3.8, 4) is 6.07 Å². The highest BCUT2D eigenvalue weighted by Crippen LogP contribution is 2.30. The number of Topliss-reactive ketones (excluding diaryl/α,β-unsaturated/α-hetero) is 1. The van der Waals surface area contributed by atoms with Gasteiger partial charge in [-0.3, -0.25) is 9.18 Å². The molecule has 196 valence electrons. The fraction of sp³-hybridized carbons (Fsp3) is 0.280. The average Bonchev–Trinajstić information content (AvgIpc) is 3.20. The van der Waals surface area contributed by atoms with Gasteiger partial charge in [0.15, 0.2) is 9.84 Å². The predicted octanol–water partition coefficient (Wildman–Crippen LogP) is 3.75. The summed E-state index contributed by atoms with van der Waals surface area (Å²) in [5, 5.41) is 9.55. The van der Waals surface area contributed by atoms with E-state index in [-0.39, 0.29) is 33.4 Å². The van der Waals surface area contributed by atoms with E-state index in [1.807, 2.05) is 0 Å². The van der Waals surface area contributed by atoms with Gasteiger partial charge in [0.2, 0.25) is 5.78 Å². The largest absolute Gasteiger partial charge is 0.382 e. The van der Waals surface area contributed by atoms with Crippen LogP contribution in [0.3, 0.4) is 0 Å². The van der Waals surface area contributed by atoms with E-state index in [1.165, 1.54) is 23.2 Å². The Labute approximate surface area is 214 Å². The topological polar surface area (TPSA) is 117 Å². The second kappa shape index (κ2) is 10.8. The lowest BCUT2D eigenvalue weighted by atomic mass is 10.1. The van der Waals surface area contributed by atoms with Crippen molar-refractivity contribution in [2.75, 3.05) is 26.5 Å². The maximum atomic E-state index is 14.9. The van der Waals surface area contributed by atoms with Crippen LogP contribution in [-0.2, 0) is 25.6 Å². The minimum absolute atomic E-state index is 0.0172. The molecule has 0 bridgehead atoms. The van der Waals surface area contributed by atoms with Crippen molar-refractivity contribution < 1.29 is 30.4 Å². The molecule has 0 amide bonds. The van der Waals surface area contributed by atoms with E-state index < -0.39 is 55.3 Å². The van der Waals surface area contributed by atoms with Crippen LogP contribution >= 0.6 is 0 Å². The van der Waals surface area contributed by atoms with Crippen molar-refractivity contribution in [1.82, 2.24) is 8.87 Å². The van der Waals surface area contributed by atoms with E-state index in [1.54, 1.807) is 39.2 Å². The molecular weight excluding hydrogens is 524 g/mol. The molecule has 0 N–H and O–H groups in total. The quantitative estimate of drug-likeness (QED) is 0.215. The summed E-state index contributed by atoms with van der Waals surface area (Å²) in [6.07, 6.45) is 0.977. The lowest BCUT2D eigenvalue weighted by molar-refractivity contribution is 0.103. The van der Waals surface area contributed by atoms with Gasteiger partial charge in [-0.1, -0.05) is 17.7 Å². The molecule has 0 fully saturated rings. The summed E-state index contributed by atoms with van der Waals surface area (Å²) in [5.74, 6) is -3.13. The van der Waals surface area contributed by atoms with Crippen molar-refractivity contribution in [3.05, 3.63) is 76.9 Å². The van der Waals surface area contributed by atoms with Crippen LogP contribution in [0.4, 0.5) is 8.78 Å². The van der Waals surface area contributed by atoms with Gasteiger partial charge in [-0.15, -0.1) is 0 Å². The number of allylic oxidation sites excluding steroid dienone is 1. The molecule has 3 aromatic rings. The van der Waals surface area contributed by atoms with E-state index in [4.69, 9.17) is 0 Å². The van der Waals surface area contributed by atoms with Gasteiger partial charge in [0.05, 0.1) is 28.6 Å². The number of aryl methyl sites for hydroxylation is 1. The van der Waals surface area contributed by atoms with Gasteiger partial charge in [-0.05, 0) is 43.7 Å². The van der Waals surface area contributed by atoms with E-state index in [0.717, 1.165) is 23.8 Å². The van der Waals surface area contributed by atoms with Crippen LogP contribution in [0.5, 0.6) is 0 Å². The van der Waals surface area contributed by atoms with Gasteiger partial charge in [0, 0.05) is 31.2 Å². The molecule has 0 unspecified atom stereocenters. The molecular formula is C25H25F2N3O5S2. The number of alkyl halides is 1.